The van der Waals surface area contributed by atoms with E-state index in [2.05, 4.69) is 15.3 Å². The van der Waals surface area contributed by atoms with Crippen LogP contribution in [0.15, 0.2) is 12.4 Å². The van der Waals surface area contributed by atoms with Crippen molar-refractivity contribution < 1.29 is 4.79 Å². The first-order chi connectivity index (χ1) is 7.24. The van der Waals surface area contributed by atoms with Crippen LogP contribution in [0.3, 0.4) is 0 Å². The molecule has 1 aliphatic carbocycles. The lowest BCUT2D eigenvalue weighted by atomic mass is 10.3. The summed E-state index contributed by atoms with van der Waals surface area (Å²) >= 11 is 0. The summed E-state index contributed by atoms with van der Waals surface area (Å²) in [6, 6.07) is 0.676. The molecule has 0 aromatic carbocycles. The number of carbonyl (C=O) groups is 1. The van der Waals surface area contributed by atoms with Gasteiger partial charge in [0.2, 0.25) is 5.91 Å². The van der Waals surface area contributed by atoms with Gasteiger partial charge in [-0.1, -0.05) is 0 Å². The molecule has 1 amide bonds. The summed E-state index contributed by atoms with van der Waals surface area (Å²) < 4.78 is 0. The van der Waals surface area contributed by atoms with E-state index in [0.29, 0.717) is 11.9 Å². The average molecular weight is 206 g/mol. The molecule has 5 heteroatoms. The normalized spacial score (nSPS) is 15.2. The summed E-state index contributed by atoms with van der Waals surface area (Å²) in [4.78, 5) is 18.7. The summed E-state index contributed by atoms with van der Waals surface area (Å²) in [5.41, 5.74) is 6.08. The van der Waals surface area contributed by atoms with Crippen LogP contribution in [-0.4, -0.2) is 21.9 Å². The molecule has 1 saturated carbocycles. The maximum absolute atomic E-state index is 10.6. The lowest BCUT2D eigenvalue weighted by Gasteiger charge is -2.02. The molecule has 15 heavy (non-hydrogen) atoms. The third kappa shape index (κ3) is 3.28. The number of primary amides is 1. The molecule has 3 N–H and O–H groups in total. The van der Waals surface area contributed by atoms with E-state index in [0.717, 1.165) is 12.1 Å². The van der Waals surface area contributed by atoms with E-state index in [1.165, 1.54) is 12.8 Å². The van der Waals surface area contributed by atoms with Crippen molar-refractivity contribution in [1.82, 2.24) is 15.3 Å². The predicted octanol–water partition coefficient (Wildman–Crippen LogP) is -0.244. The molecule has 80 valence electrons. The van der Waals surface area contributed by atoms with Gasteiger partial charge in [0.05, 0.1) is 6.42 Å². The molecular formula is C10H14N4O. The van der Waals surface area contributed by atoms with Crippen molar-refractivity contribution in [3.05, 3.63) is 23.8 Å². The maximum Gasteiger partial charge on any atom is 0.225 e. The van der Waals surface area contributed by atoms with Crippen molar-refractivity contribution in [2.24, 2.45) is 5.73 Å². The molecule has 0 radical (unpaired) electrons. The molecule has 0 spiro atoms. The monoisotopic (exact) mass is 206 g/mol. The Morgan fingerprint density at radius 3 is 2.67 bits per heavy atom. The quantitative estimate of drug-likeness (QED) is 0.696. The summed E-state index contributed by atoms with van der Waals surface area (Å²) in [5.74, 6) is 0.0801. The van der Waals surface area contributed by atoms with Crippen LogP contribution in [0, 0.1) is 0 Å². The van der Waals surface area contributed by atoms with Crippen molar-refractivity contribution in [2.45, 2.75) is 31.8 Å². The first-order valence-corrected chi connectivity index (χ1v) is 5.05. The van der Waals surface area contributed by atoms with E-state index in [1.807, 2.05) is 0 Å². The number of amides is 1. The Balaban J connectivity index is 1.87. The average Bonchev–Trinajstić information content (AvgIpc) is 2.99. The van der Waals surface area contributed by atoms with Crippen LogP contribution < -0.4 is 11.1 Å². The molecule has 0 bridgehead atoms. The molecule has 1 aromatic heterocycles. The molecule has 1 aliphatic rings. The van der Waals surface area contributed by atoms with Crippen LogP contribution in [0.4, 0.5) is 0 Å². The molecule has 0 aliphatic heterocycles. The van der Waals surface area contributed by atoms with Crippen molar-refractivity contribution in [3.63, 3.8) is 0 Å². The molecule has 2 rings (SSSR count). The third-order valence-corrected chi connectivity index (χ3v) is 2.26. The lowest BCUT2D eigenvalue weighted by Crippen LogP contribution is -2.17. The predicted molar refractivity (Wildman–Crippen MR) is 54.8 cm³/mol. The van der Waals surface area contributed by atoms with E-state index in [9.17, 15) is 4.79 Å². The van der Waals surface area contributed by atoms with E-state index in [-0.39, 0.29) is 6.42 Å². The highest BCUT2D eigenvalue weighted by Crippen LogP contribution is 2.18. The molecular weight excluding hydrogens is 192 g/mol. The number of hydrogen-bond acceptors (Lipinski definition) is 4. The molecule has 0 saturated heterocycles. The van der Waals surface area contributed by atoms with Gasteiger partial charge in [-0.15, -0.1) is 0 Å². The Morgan fingerprint density at radius 1 is 1.47 bits per heavy atom. The number of nitrogens with one attached hydrogen (secondary N) is 1. The molecule has 1 fully saturated rings. The number of nitrogens with zero attached hydrogens (tertiary/aromatic N) is 2. The van der Waals surface area contributed by atoms with Gasteiger partial charge < -0.3 is 11.1 Å². The van der Waals surface area contributed by atoms with Crippen molar-refractivity contribution in [3.8, 4) is 0 Å². The fourth-order valence-corrected chi connectivity index (χ4v) is 1.27. The Kier molecular flexibility index (Phi) is 2.91. The van der Waals surface area contributed by atoms with Crippen LogP contribution in [0.25, 0.3) is 0 Å². The minimum absolute atomic E-state index is 0.107. The SMILES string of the molecule is NC(=O)Cc1ncc(CNC2CC2)cn1. The summed E-state index contributed by atoms with van der Waals surface area (Å²) in [7, 11) is 0. The molecule has 5 nitrogen and oxygen atoms in total. The van der Waals surface area contributed by atoms with E-state index in [1.54, 1.807) is 12.4 Å². The first-order valence-electron chi connectivity index (χ1n) is 5.05. The fraction of sp³-hybridized carbons (Fsp3) is 0.500. The van der Waals surface area contributed by atoms with Gasteiger partial charge in [0.1, 0.15) is 5.82 Å². The van der Waals surface area contributed by atoms with Gasteiger partial charge in [0.15, 0.2) is 0 Å². The van der Waals surface area contributed by atoms with Crippen LogP contribution >= 0.6 is 0 Å². The fourth-order valence-electron chi connectivity index (χ4n) is 1.27. The summed E-state index contributed by atoms with van der Waals surface area (Å²) in [6.45, 7) is 0.793. The van der Waals surface area contributed by atoms with Gasteiger partial charge in [-0.25, -0.2) is 9.97 Å². The maximum atomic E-state index is 10.6. The standard InChI is InChI=1S/C10H14N4O/c11-9(15)3-10-13-5-7(6-14-10)4-12-8-1-2-8/h5-6,8,12H,1-4H2,(H2,11,15). The van der Waals surface area contributed by atoms with Crippen molar-refractivity contribution in [2.75, 3.05) is 0 Å². The smallest absolute Gasteiger partial charge is 0.225 e. The number of nitrogens with two attached hydrogens (primary N) is 1. The van der Waals surface area contributed by atoms with Gasteiger partial charge in [0.25, 0.3) is 0 Å². The van der Waals surface area contributed by atoms with Gasteiger partial charge in [-0.2, -0.15) is 0 Å². The van der Waals surface area contributed by atoms with Crippen molar-refractivity contribution >= 4 is 5.91 Å². The second-order valence-corrected chi connectivity index (χ2v) is 3.81. The Bertz CT molecular complexity index is 345. The Morgan fingerprint density at radius 2 is 2.13 bits per heavy atom. The number of carbonyl (C=O) groups excluding carboxylic acids is 1. The molecule has 1 aromatic rings. The third-order valence-electron chi connectivity index (χ3n) is 2.26. The van der Waals surface area contributed by atoms with Crippen molar-refractivity contribution in [1.29, 1.82) is 0 Å². The Labute approximate surface area is 88.1 Å². The number of aromatic nitrogens is 2. The summed E-state index contributed by atoms with van der Waals surface area (Å²) in [6.07, 6.45) is 6.11. The summed E-state index contributed by atoms with van der Waals surface area (Å²) in [5, 5.41) is 3.36. The molecule has 1 heterocycles. The molecule has 0 unspecified atom stereocenters. The highest BCUT2D eigenvalue weighted by molar-refractivity contribution is 5.75. The first kappa shape index (κ1) is 10.0. The van der Waals surface area contributed by atoms with Gasteiger partial charge >= 0.3 is 0 Å². The zero-order chi connectivity index (χ0) is 10.7. The largest absolute Gasteiger partial charge is 0.369 e. The highest BCUT2D eigenvalue weighted by atomic mass is 16.1. The zero-order valence-corrected chi connectivity index (χ0v) is 8.44. The number of rotatable bonds is 5. The second-order valence-electron chi connectivity index (χ2n) is 3.81. The van der Waals surface area contributed by atoms with E-state index in [4.69, 9.17) is 5.73 Å². The van der Waals surface area contributed by atoms with Gasteiger partial charge in [-0.3, -0.25) is 4.79 Å². The highest BCUT2D eigenvalue weighted by Gasteiger charge is 2.19. The van der Waals surface area contributed by atoms with Crippen LogP contribution in [0.1, 0.15) is 24.2 Å². The van der Waals surface area contributed by atoms with Gasteiger partial charge in [0, 0.05) is 30.5 Å². The minimum atomic E-state index is -0.404. The zero-order valence-electron chi connectivity index (χ0n) is 8.44. The van der Waals surface area contributed by atoms with Crippen LogP contribution in [0.5, 0.6) is 0 Å². The number of hydrogen-bond donors (Lipinski definition) is 2. The van der Waals surface area contributed by atoms with E-state index >= 15 is 0 Å². The Hall–Kier alpha value is -1.49. The van der Waals surface area contributed by atoms with Crippen LogP contribution in [0.2, 0.25) is 0 Å². The lowest BCUT2D eigenvalue weighted by molar-refractivity contribution is -0.117. The van der Waals surface area contributed by atoms with Crippen LogP contribution in [-0.2, 0) is 17.8 Å². The second kappa shape index (κ2) is 4.35. The minimum Gasteiger partial charge on any atom is -0.369 e. The van der Waals surface area contributed by atoms with E-state index < -0.39 is 5.91 Å². The van der Waals surface area contributed by atoms with Gasteiger partial charge in [-0.05, 0) is 12.8 Å². The molecule has 0 atom stereocenters. The topological polar surface area (TPSA) is 80.9 Å².